The number of amides is 1. The molecule has 35 heavy (non-hydrogen) atoms. The molecule has 1 atom stereocenters. The van der Waals surface area contributed by atoms with Crippen LogP contribution in [0.15, 0.2) is 61.2 Å². The van der Waals surface area contributed by atoms with E-state index in [1.165, 1.54) is 18.5 Å². The topological polar surface area (TPSA) is 91.8 Å². The second-order valence-electron chi connectivity index (χ2n) is 8.43. The van der Waals surface area contributed by atoms with Crippen molar-refractivity contribution in [3.8, 4) is 17.4 Å². The normalized spacial score (nSPS) is 11.9. The van der Waals surface area contributed by atoms with Crippen LogP contribution >= 0.6 is 0 Å². The third kappa shape index (κ3) is 4.83. The van der Waals surface area contributed by atoms with E-state index in [2.05, 4.69) is 21.5 Å². The van der Waals surface area contributed by atoms with Crippen LogP contribution < -0.4 is 5.32 Å². The number of aromatic nitrogens is 4. The molecule has 8 nitrogen and oxygen atoms in total. The van der Waals surface area contributed by atoms with Gasteiger partial charge in [-0.15, -0.1) is 0 Å². The zero-order chi connectivity index (χ0) is 25.1. The number of anilines is 1. The minimum absolute atomic E-state index is 0.0422. The Hall–Kier alpha value is -4.29. The van der Waals surface area contributed by atoms with Crippen molar-refractivity contribution in [2.75, 3.05) is 18.9 Å². The molecule has 0 aliphatic rings. The Balaban J connectivity index is 1.52. The van der Waals surface area contributed by atoms with Crippen molar-refractivity contribution in [2.24, 2.45) is 0 Å². The van der Waals surface area contributed by atoms with Crippen LogP contribution in [-0.2, 0) is 4.79 Å². The molecule has 2 aromatic carbocycles. The number of hydrogen-bond acceptors (Lipinski definition) is 5. The highest BCUT2D eigenvalue weighted by Crippen LogP contribution is 2.30. The molecule has 0 aliphatic carbocycles. The third-order valence-electron chi connectivity index (χ3n) is 6.26. The summed E-state index contributed by atoms with van der Waals surface area (Å²) in [7, 11) is 1.86. The first-order chi connectivity index (χ1) is 16.8. The molecule has 2 aromatic heterocycles. The van der Waals surface area contributed by atoms with Crippen LogP contribution in [0.1, 0.15) is 35.3 Å². The number of rotatable bonds is 7. The van der Waals surface area contributed by atoms with Crippen molar-refractivity contribution in [3.05, 3.63) is 89.4 Å². The minimum Gasteiger partial charge on any atom is -0.310 e. The molecule has 4 aromatic rings. The molecule has 1 N–H and O–H groups in total. The fourth-order valence-corrected chi connectivity index (χ4v) is 4.04. The summed E-state index contributed by atoms with van der Waals surface area (Å²) in [6, 6.07) is 16.1. The molecule has 0 radical (unpaired) electrons. The molecule has 9 heteroatoms. The highest BCUT2D eigenvalue weighted by Gasteiger charge is 2.22. The van der Waals surface area contributed by atoms with E-state index in [0.29, 0.717) is 17.1 Å². The first kappa shape index (κ1) is 23.9. The van der Waals surface area contributed by atoms with Crippen LogP contribution in [-0.4, -0.2) is 43.7 Å². The van der Waals surface area contributed by atoms with Gasteiger partial charge in [0.05, 0.1) is 23.5 Å². The summed E-state index contributed by atoms with van der Waals surface area (Å²) in [6.45, 7) is 5.77. The Morgan fingerprint density at radius 2 is 1.94 bits per heavy atom. The maximum Gasteiger partial charge on any atom is 0.239 e. The van der Waals surface area contributed by atoms with Gasteiger partial charge in [0.1, 0.15) is 30.4 Å². The molecule has 0 saturated carbocycles. The number of carbonyl (C=O) groups is 1. The lowest BCUT2D eigenvalue weighted by Gasteiger charge is -2.25. The van der Waals surface area contributed by atoms with E-state index in [1.54, 1.807) is 27.7 Å². The van der Waals surface area contributed by atoms with Crippen molar-refractivity contribution < 1.29 is 9.18 Å². The summed E-state index contributed by atoms with van der Waals surface area (Å²) in [6.07, 6.45) is 3.11. The van der Waals surface area contributed by atoms with E-state index in [4.69, 9.17) is 0 Å². The van der Waals surface area contributed by atoms with Gasteiger partial charge in [-0.2, -0.15) is 10.4 Å². The lowest BCUT2D eigenvalue weighted by atomic mass is 10.1. The Morgan fingerprint density at radius 1 is 1.20 bits per heavy atom. The van der Waals surface area contributed by atoms with Crippen LogP contribution in [0.3, 0.4) is 0 Å². The van der Waals surface area contributed by atoms with E-state index in [-0.39, 0.29) is 18.5 Å². The molecule has 0 fully saturated rings. The molecule has 0 spiro atoms. The lowest BCUT2D eigenvalue weighted by Crippen LogP contribution is -2.32. The smallest absolute Gasteiger partial charge is 0.239 e. The van der Waals surface area contributed by atoms with E-state index < -0.39 is 5.82 Å². The quantitative estimate of drug-likeness (QED) is 0.434. The van der Waals surface area contributed by atoms with E-state index in [9.17, 15) is 14.4 Å². The van der Waals surface area contributed by atoms with Gasteiger partial charge in [0.15, 0.2) is 0 Å². The van der Waals surface area contributed by atoms with Crippen LogP contribution in [0.25, 0.3) is 11.4 Å². The van der Waals surface area contributed by atoms with Gasteiger partial charge in [-0.05, 0) is 69.3 Å². The number of carbonyl (C=O) groups excluding carboxylic acids is 1. The highest BCUT2D eigenvalue weighted by atomic mass is 19.1. The number of halogens is 1. The summed E-state index contributed by atoms with van der Waals surface area (Å²) in [5, 5.41) is 16.8. The van der Waals surface area contributed by atoms with E-state index in [0.717, 1.165) is 22.5 Å². The van der Waals surface area contributed by atoms with E-state index in [1.807, 2.05) is 57.0 Å². The number of nitriles is 1. The third-order valence-corrected chi connectivity index (χ3v) is 6.26. The Morgan fingerprint density at radius 3 is 2.57 bits per heavy atom. The van der Waals surface area contributed by atoms with Crippen molar-refractivity contribution in [1.29, 1.82) is 5.26 Å². The highest BCUT2D eigenvalue weighted by molar-refractivity contribution is 5.93. The molecular formula is C26H26FN7O. The maximum absolute atomic E-state index is 13.9. The van der Waals surface area contributed by atoms with Crippen molar-refractivity contribution in [1.82, 2.24) is 24.2 Å². The van der Waals surface area contributed by atoms with Gasteiger partial charge in [-0.25, -0.2) is 14.1 Å². The molecule has 2 heterocycles. The van der Waals surface area contributed by atoms with Crippen LogP contribution in [0, 0.1) is 31.0 Å². The number of likely N-dealkylation sites (N-methyl/N-ethyl adjacent to an activating group) is 1. The van der Waals surface area contributed by atoms with Crippen molar-refractivity contribution in [3.63, 3.8) is 0 Å². The number of nitrogens with one attached hydrogen (secondary N) is 1. The number of hydrogen-bond donors (Lipinski definition) is 1. The second kappa shape index (κ2) is 9.91. The zero-order valence-corrected chi connectivity index (χ0v) is 20.0. The summed E-state index contributed by atoms with van der Waals surface area (Å²) >= 11 is 0. The van der Waals surface area contributed by atoms with Gasteiger partial charge in [0.25, 0.3) is 0 Å². The van der Waals surface area contributed by atoms with Gasteiger partial charge in [0.2, 0.25) is 5.91 Å². The van der Waals surface area contributed by atoms with Gasteiger partial charge in [0, 0.05) is 11.7 Å². The minimum atomic E-state index is -0.396. The van der Waals surface area contributed by atoms with Gasteiger partial charge in [-0.1, -0.05) is 18.2 Å². The first-order valence-corrected chi connectivity index (χ1v) is 11.1. The Labute approximate surface area is 203 Å². The Kier molecular flexibility index (Phi) is 6.75. The van der Waals surface area contributed by atoms with Crippen LogP contribution in [0.2, 0.25) is 0 Å². The summed E-state index contributed by atoms with van der Waals surface area (Å²) < 4.78 is 17.3. The molecule has 1 unspecified atom stereocenters. The predicted octanol–water partition coefficient (Wildman–Crippen LogP) is 4.32. The average Bonchev–Trinajstić information content (AvgIpc) is 3.46. The summed E-state index contributed by atoms with van der Waals surface area (Å²) in [4.78, 5) is 18.9. The monoisotopic (exact) mass is 471 g/mol. The number of nitrogens with zero attached hydrogens (tertiary/aromatic N) is 6. The zero-order valence-electron chi connectivity index (χ0n) is 20.0. The summed E-state index contributed by atoms with van der Waals surface area (Å²) in [5.74, 6) is -0.325. The fraction of sp³-hybridized carbons (Fsp3) is 0.231. The molecule has 0 bridgehead atoms. The molecular weight excluding hydrogens is 445 g/mol. The SMILES string of the molecule is Cc1c(C#N)c(NC(=O)CN(C)C(C)c2ccc(-n3cncn3)cc2)n(-c2cccc(F)c2)c1C. The second-order valence-corrected chi connectivity index (χ2v) is 8.43. The van der Waals surface area contributed by atoms with Gasteiger partial charge in [-0.3, -0.25) is 14.3 Å². The standard InChI is InChI=1S/C26H26FN7O/c1-17-18(2)34(23-7-5-6-21(27)12-23)26(24(17)13-28)31-25(35)14-32(4)19(3)20-8-10-22(11-9-20)33-16-29-15-30-33/h5-12,15-16,19H,14H2,1-4H3,(H,31,35). The lowest BCUT2D eigenvalue weighted by molar-refractivity contribution is -0.117. The maximum atomic E-state index is 13.9. The van der Waals surface area contributed by atoms with Crippen LogP contribution in [0.4, 0.5) is 10.2 Å². The van der Waals surface area contributed by atoms with Crippen LogP contribution in [0.5, 0.6) is 0 Å². The molecule has 0 aliphatic heterocycles. The predicted molar refractivity (Wildman–Crippen MR) is 131 cm³/mol. The van der Waals surface area contributed by atoms with E-state index >= 15 is 0 Å². The fourth-order valence-electron chi connectivity index (χ4n) is 4.04. The first-order valence-electron chi connectivity index (χ1n) is 11.1. The molecule has 178 valence electrons. The largest absolute Gasteiger partial charge is 0.310 e. The molecule has 0 saturated heterocycles. The average molecular weight is 472 g/mol. The summed E-state index contributed by atoms with van der Waals surface area (Å²) in [5.41, 5.74) is 4.33. The van der Waals surface area contributed by atoms with Gasteiger partial charge >= 0.3 is 0 Å². The molecule has 4 rings (SSSR count). The van der Waals surface area contributed by atoms with Crippen molar-refractivity contribution in [2.45, 2.75) is 26.8 Å². The molecule has 1 amide bonds. The Bertz CT molecular complexity index is 1380. The van der Waals surface area contributed by atoms with Crippen molar-refractivity contribution >= 4 is 11.7 Å². The van der Waals surface area contributed by atoms with Gasteiger partial charge < -0.3 is 5.32 Å². The number of benzene rings is 2.